The summed E-state index contributed by atoms with van der Waals surface area (Å²) >= 11 is 0. The van der Waals surface area contributed by atoms with Crippen LogP contribution < -0.4 is 14.2 Å². The quantitative estimate of drug-likeness (QED) is 0.583. The second-order valence-corrected chi connectivity index (χ2v) is 5.60. The maximum absolute atomic E-state index is 12.9. The second-order valence-electron chi connectivity index (χ2n) is 5.60. The van der Waals surface area contributed by atoms with Crippen molar-refractivity contribution in [2.24, 2.45) is 0 Å². The molecule has 136 valence electrons. The maximum atomic E-state index is 12.9. The van der Waals surface area contributed by atoms with Gasteiger partial charge < -0.3 is 18.9 Å². The highest BCUT2D eigenvalue weighted by atomic mass is 19.1. The third kappa shape index (κ3) is 4.30. The number of fused-ring (bicyclic) bond motifs is 1. The molecule has 0 N–H and O–H groups in total. The lowest BCUT2D eigenvalue weighted by Crippen LogP contribution is -2.28. The van der Waals surface area contributed by atoms with Crippen LogP contribution in [0.15, 0.2) is 42.5 Å². The summed E-state index contributed by atoms with van der Waals surface area (Å²) in [4.78, 5) is 24.2. The molecular formula is C19H17FO6. The van der Waals surface area contributed by atoms with Crippen molar-refractivity contribution in [3.8, 4) is 17.2 Å². The molecular weight excluding hydrogens is 343 g/mol. The fourth-order valence-corrected chi connectivity index (χ4v) is 2.32. The monoisotopic (exact) mass is 360 g/mol. The molecule has 0 aliphatic carbocycles. The molecule has 0 bridgehead atoms. The summed E-state index contributed by atoms with van der Waals surface area (Å²) in [6.45, 7) is 1.94. The van der Waals surface area contributed by atoms with Crippen LogP contribution in [0.25, 0.3) is 0 Å². The average Bonchev–Trinajstić information content (AvgIpc) is 2.67. The zero-order valence-electron chi connectivity index (χ0n) is 14.1. The van der Waals surface area contributed by atoms with E-state index in [2.05, 4.69) is 0 Å². The normalized spacial score (nSPS) is 13.6. The molecule has 0 unspecified atom stereocenters. The molecule has 1 aliphatic rings. The summed E-state index contributed by atoms with van der Waals surface area (Å²) in [5.41, 5.74) is 0.356. The summed E-state index contributed by atoms with van der Waals surface area (Å²) in [7, 11) is 0. The third-order valence-corrected chi connectivity index (χ3v) is 3.67. The van der Waals surface area contributed by atoms with Gasteiger partial charge in [0.15, 0.2) is 30.0 Å². The van der Waals surface area contributed by atoms with E-state index in [0.717, 1.165) is 0 Å². The number of ether oxygens (including phenoxy) is 4. The summed E-state index contributed by atoms with van der Waals surface area (Å²) in [6.07, 6.45) is -0.937. The van der Waals surface area contributed by atoms with Crippen molar-refractivity contribution < 1.29 is 32.9 Å². The van der Waals surface area contributed by atoms with Crippen molar-refractivity contribution in [1.82, 2.24) is 0 Å². The van der Waals surface area contributed by atoms with E-state index in [1.807, 2.05) is 0 Å². The first-order valence-electron chi connectivity index (χ1n) is 8.04. The molecule has 0 spiro atoms. The molecule has 0 fully saturated rings. The molecule has 6 nitrogen and oxygen atoms in total. The minimum atomic E-state index is -0.937. The van der Waals surface area contributed by atoms with Gasteiger partial charge in [0, 0.05) is 5.56 Å². The predicted octanol–water partition coefficient (Wildman–Crippen LogP) is 2.79. The number of halogens is 1. The smallest absolute Gasteiger partial charge is 0.347 e. The standard InChI is InChI=1S/C19H17FO6/c1-12(26-15-5-3-14(20)4-6-15)19(22)25-11-16(21)13-2-7-17-18(10-13)24-9-8-23-17/h2-7,10,12H,8-9,11H2,1H3/t12-/m1/s1. The van der Waals surface area contributed by atoms with E-state index in [1.165, 1.54) is 31.2 Å². The minimum Gasteiger partial charge on any atom is -0.486 e. The van der Waals surface area contributed by atoms with Gasteiger partial charge in [-0.15, -0.1) is 0 Å². The summed E-state index contributed by atoms with van der Waals surface area (Å²) < 4.78 is 34.0. The van der Waals surface area contributed by atoms with Gasteiger partial charge in [-0.1, -0.05) is 0 Å². The van der Waals surface area contributed by atoms with Crippen molar-refractivity contribution in [3.05, 3.63) is 53.8 Å². The van der Waals surface area contributed by atoms with Gasteiger partial charge in [0.2, 0.25) is 0 Å². The molecule has 0 radical (unpaired) electrons. The van der Waals surface area contributed by atoms with Crippen molar-refractivity contribution in [2.75, 3.05) is 19.8 Å². The topological polar surface area (TPSA) is 71.1 Å². The van der Waals surface area contributed by atoms with Gasteiger partial charge in [0.25, 0.3) is 0 Å². The van der Waals surface area contributed by atoms with Crippen LogP contribution in [0.4, 0.5) is 4.39 Å². The second kappa shape index (κ2) is 7.86. The van der Waals surface area contributed by atoms with E-state index in [-0.39, 0.29) is 5.78 Å². The molecule has 2 aromatic rings. The minimum absolute atomic E-state index is 0.328. The maximum Gasteiger partial charge on any atom is 0.347 e. The number of Topliss-reactive ketones (excluding diaryl/α,β-unsaturated/α-hetero) is 1. The average molecular weight is 360 g/mol. The van der Waals surface area contributed by atoms with Gasteiger partial charge in [0.1, 0.15) is 24.8 Å². The van der Waals surface area contributed by atoms with E-state index in [9.17, 15) is 14.0 Å². The molecule has 1 aliphatic heterocycles. The lowest BCUT2D eigenvalue weighted by atomic mass is 10.1. The Balaban J connectivity index is 1.53. The Morgan fingerprint density at radius 3 is 2.50 bits per heavy atom. The highest BCUT2D eigenvalue weighted by Gasteiger charge is 2.20. The van der Waals surface area contributed by atoms with Crippen LogP contribution in [0.1, 0.15) is 17.3 Å². The lowest BCUT2D eigenvalue weighted by Gasteiger charge is -2.18. The zero-order chi connectivity index (χ0) is 18.5. The van der Waals surface area contributed by atoms with Crippen molar-refractivity contribution in [1.29, 1.82) is 0 Å². The van der Waals surface area contributed by atoms with Crippen LogP contribution in [0.3, 0.4) is 0 Å². The molecule has 1 heterocycles. The number of hydrogen-bond donors (Lipinski definition) is 0. The largest absolute Gasteiger partial charge is 0.486 e. The first-order valence-corrected chi connectivity index (χ1v) is 8.04. The molecule has 0 aromatic heterocycles. The van der Waals surface area contributed by atoms with E-state index in [4.69, 9.17) is 18.9 Å². The molecule has 0 saturated heterocycles. The molecule has 2 aromatic carbocycles. The van der Waals surface area contributed by atoms with Gasteiger partial charge in [-0.3, -0.25) is 4.79 Å². The number of carbonyl (C=O) groups is 2. The fraction of sp³-hybridized carbons (Fsp3) is 0.263. The van der Waals surface area contributed by atoms with E-state index in [1.54, 1.807) is 18.2 Å². The van der Waals surface area contributed by atoms with Gasteiger partial charge in [-0.05, 0) is 49.4 Å². The van der Waals surface area contributed by atoms with Crippen molar-refractivity contribution >= 4 is 11.8 Å². The van der Waals surface area contributed by atoms with E-state index >= 15 is 0 Å². The van der Waals surface area contributed by atoms with Crippen molar-refractivity contribution in [3.63, 3.8) is 0 Å². The van der Waals surface area contributed by atoms with E-state index in [0.29, 0.717) is 36.0 Å². The van der Waals surface area contributed by atoms with Crippen molar-refractivity contribution in [2.45, 2.75) is 13.0 Å². The highest BCUT2D eigenvalue weighted by Crippen LogP contribution is 2.30. The summed E-state index contributed by atoms with van der Waals surface area (Å²) in [6, 6.07) is 10.0. The number of esters is 1. The van der Waals surface area contributed by atoms with Gasteiger partial charge in [-0.2, -0.15) is 0 Å². The predicted molar refractivity (Wildman–Crippen MR) is 89.2 cm³/mol. The zero-order valence-corrected chi connectivity index (χ0v) is 14.1. The SMILES string of the molecule is C[C@@H](Oc1ccc(F)cc1)C(=O)OCC(=O)c1ccc2c(c1)OCCO2. The van der Waals surface area contributed by atoms with Crippen LogP contribution in [0.5, 0.6) is 17.2 Å². The number of rotatable bonds is 6. The number of carbonyl (C=O) groups excluding carboxylic acids is 2. The summed E-state index contributed by atoms with van der Waals surface area (Å²) in [5, 5.41) is 0. The fourth-order valence-electron chi connectivity index (χ4n) is 2.32. The van der Waals surface area contributed by atoms with Crippen LogP contribution >= 0.6 is 0 Å². The number of ketones is 1. The van der Waals surface area contributed by atoms with Crippen LogP contribution in [-0.2, 0) is 9.53 Å². The molecule has 1 atom stereocenters. The Hall–Kier alpha value is -3.09. The molecule has 3 rings (SSSR count). The van der Waals surface area contributed by atoms with Crippen LogP contribution in [0.2, 0.25) is 0 Å². The van der Waals surface area contributed by atoms with Gasteiger partial charge >= 0.3 is 5.97 Å². The molecule has 26 heavy (non-hydrogen) atoms. The number of benzene rings is 2. The first kappa shape index (κ1) is 17.7. The Morgan fingerprint density at radius 2 is 1.77 bits per heavy atom. The van der Waals surface area contributed by atoms with Crippen LogP contribution in [0, 0.1) is 5.82 Å². The first-order chi connectivity index (χ1) is 12.5. The lowest BCUT2D eigenvalue weighted by molar-refractivity contribution is -0.149. The Kier molecular flexibility index (Phi) is 5.36. The Bertz CT molecular complexity index is 802. The Labute approximate surface area is 149 Å². The molecule has 0 saturated carbocycles. The highest BCUT2D eigenvalue weighted by molar-refractivity contribution is 5.98. The molecule has 0 amide bonds. The van der Waals surface area contributed by atoms with Crippen LogP contribution in [-0.4, -0.2) is 37.7 Å². The van der Waals surface area contributed by atoms with E-state index < -0.39 is 24.5 Å². The van der Waals surface area contributed by atoms with Gasteiger partial charge in [-0.25, -0.2) is 9.18 Å². The molecule has 7 heteroatoms. The number of hydrogen-bond acceptors (Lipinski definition) is 6. The Morgan fingerprint density at radius 1 is 1.08 bits per heavy atom. The van der Waals surface area contributed by atoms with Gasteiger partial charge in [0.05, 0.1) is 0 Å². The third-order valence-electron chi connectivity index (χ3n) is 3.67. The summed E-state index contributed by atoms with van der Waals surface area (Å²) in [5.74, 6) is -0.0799.